The number of non-ortho nitro benzene ring substituents is 1. The van der Waals surface area contributed by atoms with E-state index in [0.717, 1.165) is 11.1 Å². The van der Waals surface area contributed by atoms with Gasteiger partial charge in [0.15, 0.2) is 0 Å². The number of nitro benzene ring substituents is 1. The van der Waals surface area contributed by atoms with Crippen LogP contribution in [0.25, 0.3) is 0 Å². The third-order valence-electron chi connectivity index (χ3n) is 2.57. The van der Waals surface area contributed by atoms with Gasteiger partial charge in [-0.1, -0.05) is 11.6 Å². The molecule has 0 aliphatic rings. The Morgan fingerprint density at radius 3 is 2.70 bits per heavy atom. The lowest BCUT2D eigenvalue weighted by molar-refractivity contribution is -0.384. The van der Waals surface area contributed by atoms with E-state index in [1.165, 1.54) is 18.2 Å². The van der Waals surface area contributed by atoms with E-state index in [1.807, 2.05) is 13.0 Å². The van der Waals surface area contributed by atoms with Crippen LogP contribution < -0.4 is 4.74 Å². The molecule has 2 rings (SSSR count). The molecule has 0 amide bonds. The van der Waals surface area contributed by atoms with Crippen LogP contribution in [0.1, 0.15) is 11.1 Å². The van der Waals surface area contributed by atoms with Crippen LogP contribution in [0.3, 0.4) is 0 Å². The minimum atomic E-state index is -0.519. The fraction of sp³-hybridized carbons (Fsp3) is 0.154. The lowest BCUT2D eigenvalue weighted by Crippen LogP contribution is -1.94. The zero-order valence-electron chi connectivity index (χ0n) is 10.5. The predicted molar refractivity (Wildman–Crippen MR) is 76.7 cm³/mol. The number of pyridine rings is 1. The Morgan fingerprint density at radius 1 is 1.40 bits per heavy atom. The first-order chi connectivity index (χ1) is 9.51. The zero-order chi connectivity index (χ0) is 14.7. The van der Waals surface area contributed by atoms with Crippen LogP contribution in [0.2, 0.25) is 5.02 Å². The Labute approximate surface area is 125 Å². The number of nitro groups is 1. The number of rotatable bonds is 4. The lowest BCUT2D eigenvalue weighted by Gasteiger charge is -2.09. The molecule has 2 aromatic rings. The van der Waals surface area contributed by atoms with Gasteiger partial charge >= 0.3 is 0 Å². The SMILES string of the molecule is Cc1cc(CCl)cnc1Oc1ccc([N+](=O)[O-])cc1Cl. The highest BCUT2D eigenvalue weighted by atomic mass is 35.5. The molecular formula is C13H10Cl2N2O3. The molecular weight excluding hydrogens is 303 g/mol. The average molecular weight is 313 g/mol. The molecule has 1 aromatic heterocycles. The van der Waals surface area contributed by atoms with Gasteiger partial charge in [0.05, 0.1) is 9.95 Å². The van der Waals surface area contributed by atoms with Gasteiger partial charge in [0.1, 0.15) is 5.75 Å². The summed E-state index contributed by atoms with van der Waals surface area (Å²) in [6, 6.07) is 5.86. The first-order valence-electron chi connectivity index (χ1n) is 5.64. The second-order valence-corrected chi connectivity index (χ2v) is 4.75. The number of hydrogen-bond donors (Lipinski definition) is 0. The second-order valence-electron chi connectivity index (χ2n) is 4.07. The molecule has 20 heavy (non-hydrogen) atoms. The van der Waals surface area contributed by atoms with E-state index in [9.17, 15) is 10.1 Å². The number of benzene rings is 1. The van der Waals surface area contributed by atoms with Crippen molar-refractivity contribution in [3.8, 4) is 11.6 Å². The van der Waals surface area contributed by atoms with E-state index >= 15 is 0 Å². The number of nitrogens with zero attached hydrogens (tertiary/aromatic N) is 2. The summed E-state index contributed by atoms with van der Waals surface area (Å²) < 4.78 is 5.57. The number of alkyl halides is 1. The van der Waals surface area contributed by atoms with Crippen LogP contribution in [0, 0.1) is 17.0 Å². The summed E-state index contributed by atoms with van der Waals surface area (Å²) in [4.78, 5) is 14.3. The highest BCUT2D eigenvalue weighted by Gasteiger charge is 2.12. The van der Waals surface area contributed by atoms with Crippen LogP contribution in [-0.4, -0.2) is 9.91 Å². The van der Waals surface area contributed by atoms with Crippen molar-refractivity contribution in [2.75, 3.05) is 0 Å². The molecule has 0 N–H and O–H groups in total. The fourth-order valence-electron chi connectivity index (χ4n) is 1.59. The van der Waals surface area contributed by atoms with E-state index in [-0.39, 0.29) is 10.7 Å². The smallest absolute Gasteiger partial charge is 0.271 e. The molecule has 0 fully saturated rings. The van der Waals surface area contributed by atoms with Crippen LogP contribution in [-0.2, 0) is 5.88 Å². The monoisotopic (exact) mass is 312 g/mol. The van der Waals surface area contributed by atoms with Crippen molar-refractivity contribution in [2.45, 2.75) is 12.8 Å². The standard InChI is InChI=1S/C13H10Cl2N2O3/c1-8-4-9(6-14)7-16-13(8)20-12-3-2-10(17(18)19)5-11(12)15/h2-5,7H,6H2,1H3. The first kappa shape index (κ1) is 14.6. The molecule has 0 spiro atoms. The molecule has 1 heterocycles. The molecule has 0 atom stereocenters. The largest absolute Gasteiger partial charge is 0.437 e. The van der Waals surface area contributed by atoms with Crippen molar-refractivity contribution in [2.24, 2.45) is 0 Å². The number of ether oxygens (including phenoxy) is 1. The topological polar surface area (TPSA) is 65.3 Å². The Balaban J connectivity index is 2.28. The fourth-order valence-corrected chi connectivity index (χ4v) is 1.95. The third kappa shape index (κ3) is 3.18. The normalized spacial score (nSPS) is 10.3. The lowest BCUT2D eigenvalue weighted by atomic mass is 10.2. The molecule has 0 radical (unpaired) electrons. The Morgan fingerprint density at radius 2 is 2.15 bits per heavy atom. The van der Waals surface area contributed by atoms with Gasteiger partial charge in [0.2, 0.25) is 5.88 Å². The van der Waals surface area contributed by atoms with Crippen molar-refractivity contribution >= 4 is 28.9 Å². The number of aromatic nitrogens is 1. The summed E-state index contributed by atoms with van der Waals surface area (Å²) in [5.74, 6) is 1.06. The summed E-state index contributed by atoms with van der Waals surface area (Å²) in [5, 5.41) is 10.8. The summed E-state index contributed by atoms with van der Waals surface area (Å²) in [6.07, 6.45) is 1.61. The van der Waals surface area contributed by atoms with Crippen molar-refractivity contribution < 1.29 is 9.66 Å². The molecule has 0 unspecified atom stereocenters. The van der Waals surface area contributed by atoms with Gasteiger partial charge in [-0.3, -0.25) is 10.1 Å². The summed E-state index contributed by atoms with van der Waals surface area (Å²) in [7, 11) is 0. The molecule has 0 saturated heterocycles. The van der Waals surface area contributed by atoms with Gasteiger partial charge in [-0.25, -0.2) is 4.98 Å². The highest BCUT2D eigenvalue weighted by Crippen LogP contribution is 2.32. The summed E-state index contributed by atoms with van der Waals surface area (Å²) >= 11 is 11.7. The minimum Gasteiger partial charge on any atom is -0.437 e. The Hall–Kier alpha value is -1.85. The Kier molecular flexibility index (Phi) is 4.42. The van der Waals surface area contributed by atoms with Crippen LogP contribution >= 0.6 is 23.2 Å². The molecule has 1 aromatic carbocycles. The average Bonchev–Trinajstić information content (AvgIpc) is 2.42. The maximum atomic E-state index is 10.6. The summed E-state index contributed by atoms with van der Waals surface area (Å²) in [5.41, 5.74) is 1.59. The maximum Gasteiger partial charge on any atom is 0.271 e. The van der Waals surface area contributed by atoms with Crippen molar-refractivity contribution in [1.82, 2.24) is 4.98 Å². The van der Waals surface area contributed by atoms with Gasteiger partial charge in [0.25, 0.3) is 5.69 Å². The van der Waals surface area contributed by atoms with Gasteiger partial charge in [-0.2, -0.15) is 0 Å². The summed E-state index contributed by atoms with van der Waals surface area (Å²) in [6.45, 7) is 1.83. The van der Waals surface area contributed by atoms with E-state index in [4.69, 9.17) is 27.9 Å². The molecule has 0 bridgehead atoms. The number of hydrogen-bond acceptors (Lipinski definition) is 4. The highest BCUT2D eigenvalue weighted by molar-refractivity contribution is 6.32. The van der Waals surface area contributed by atoms with Crippen LogP contribution in [0.5, 0.6) is 11.6 Å². The third-order valence-corrected chi connectivity index (χ3v) is 3.18. The van der Waals surface area contributed by atoms with Crippen molar-refractivity contribution in [1.29, 1.82) is 0 Å². The quantitative estimate of drug-likeness (QED) is 0.474. The molecule has 7 heteroatoms. The minimum absolute atomic E-state index is 0.0930. The van der Waals surface area contributed by atoms with E-state index in [0.29, 0.717) is 17.5 Å². The van der Waals surface area contributed by atoms with E-state index < -0.39 is 4.92 Å². The predicted octanol–water partition coefficient (Wildman–Crippen LogP) is 4.48. The van der Waals surface area contributed by atoms with E-state index in [2.05, 4.69) is 4.98 Å². The Bertz CT molecular complexity index is 662. The zero-order valence-corrected chi connectivity index (χ0v) is 12.0. The molecule has 104 valence electrons. The molecule has 0 aliphatic carbocycles. The van der Waals surface area contributed by atoms with Gasteiger partial charge in [-0.05, 0) is 24.6 Å². The van der Waals surface area contributed by atoms with Crippen LogP contribution in [0.15, 0.2) is 30.5 Å². The van der Waals surface area contributed by atoms with E-state index in [1.54, 1.807) is 6.20 Å². The molecule has 0 saturated carbocycles. The van der Waals surface area contributed by atoms with Gasteiger partial charge in [0, 0.05) is 29.8 Å². The second kappa shape index (κ2) is 6.07. The number of halogens is 2. The van der Waals surface area contributed by atoms with Crippen LogP contribution in [0.4, 0.5) is 5.69 Å². The van der Waals surface area contributed by atoms with Crippen molar-refractivity contribution in [3.63, 3.8) is 0 Å². The first-order valence-corrected chi connectivity index (χ1v) is 6.56. The molecule has 0 aliphatic heterocycles. The maximum absolute atomic E-state index is 10.6. The number of aryl methyl sites for hydroxylation is 1. The molecule has 5 nitrogen and oxygen atoms in total. The van der Waals surface area contributed by atoms with Crippen molar-refractivity contribution in [3.05, 3.63) is 56.7 Å². The van der Waals surface area contributed by atoms with Gasteiger partial charge in [-0.15, -0.1) is 11.6 Å². The van der Waals surface area contributed by atoms with Gasteiger partial charge < -0.3 is 4.74 Å².